The Hall–Kier alpha value is -3.74. The number of nitrogens with one attached hydrogen (secondary N) is 1. The second-order valence-electron chi connectivity index (χ2n) is 5.97. The molecule has 0 saturated carbocycles. The molecule has 0 bridgehead atoms. The van der Waals surface area contributed by atoms with Gasteiger partial charge in [0.25, 0.3) is 5.91 Å². The van der Waals surface area contributed by atoms with E-state index in [0.717, 1.165) is 5.56 Å². The van der Waals surface area contributed by atoms with Crippen LogP contribution in [-0.4, -0.2) is 25.4 Å². The van der Waals surface area contributed by atoms with Crippen molar-refractivity contribution in [2.75, 3.05) is 5.32 Å². The molecule has 0 aliphatic rings. The van der Waals surface area contributed by atoms with Crippen molar-refractivity contribution in [2.45, 2.75) is 6.61 Å². The normalized spacial score (nSPS) is 10.7. The van der Waals surface area contributed by atoms with Gasteiger partial charge in [0.2, 0.25) is 11.8 Å². The number of anilines is 1. The van der Waals surface area contributed by atoms with Crippen molar-refractivity contribution in [1.82, 2.24) is 19.5 Å². The van der Waals surface area contributed by atoms with E-state index in [1.165, 1.54) is 0 Å². The van der Waals surface area contributed by atoms with Gasteiger partial charge in [0, 0.05) is 12.6 Å². The molecule has 0 aliphatic carbocycles. The number of hydrogen-bond acceptors (Lipinski definition) is 5. The third-order valence-corrected chi connectivity index (χ3v) is 4.01. The number of hydrogen-bond donors (Lipinski definition) is 1. The molecular weight excluding hydrogens is 342 g/mol. The highest BCUT2D eigenvalue weighted by Crippen LogP contribution is 2.23. The maximum absolute atomic E-state index is 12.4. The Balaban J connectivity index is 1.63. The van der Waals surface area contributed by atoms with Crippen LogP contribution >= 0.6 is 0 Å². The zero-order valence-electron chi connectivity index (χ0n) is 14.7. The van der Waals surface area contributed by atoms with Crippen molar-refractivity contribution < 1.29 is 9.53 Å². The Labute approximate surface area is 155 Å². The number of rotatable bonds is 5. The number of nitrogens with zero attached hydrogens (tertiary/aromatic N) is 4. The Morgan fingerprint density at radius 3 is 2.48 bits per heavy atom. The molecule has 1 amide bonds. The minimum atomic E-state index is -0.286. The highest BCUT2D eigenvalue weighted by molar-refractivity contribution is 6.03. The van der Waals surface area contributed by atoms with Crippen molar-refractivity contribution in [1.29, 1.82) is 0 Å². The first kappa shape index (κ1) is 16.7. The largest absolute Gasteiger partial charge is 0.471 e. The minimum Gasteiger partial charge on any atom is -0.471 e. The van der Waals surface area contributed by atoms with Gasteiger partial charge in [-0.05, 0) is 17.7 Å². The molecule has 0 fully saturated rings. The third kappa shape index (κ3) is 3.62. The lowest BCUT2D eigenvalue weighted by Crippen LogP contribution is -2.15. The van der Waals surface area contributed by atoms with Gasteiger partial charge in [-0.2, -0.15) is 9.97 Å². The Morgan fingerprint density at radius 1 is 1.04 bits per heavy atom. The van der Waals surface area contributed by atoms with Crippen LogP contribution in [0.25, 0.3) is 11.2 Å². The second-order valence-corrected chi connectivity index (χ2v) is 5.97. The SMILES string of the molecule is Cn1cnc2c(OCc3ccccc3)nc(NC(=O)c3ccccc3)nc21. The van der Waals surface area contributed by atoms with Crippen molar-refractivity contribution in [3.05, 3.63) is 78.1 Å². The highest BCUT2D eigenvalue weighted by Gasteiger charge is 2.15. The summed E-state index contributed by atoms with van der Waals surface area (Å²) < 4.78 is 7.62. The van der Waals surface area contributed by atoms with Crippen LogP contribution in [0.4, 0.5) is 5.95 Å². The first-order chi connectivity index (χ1) is 13.2. The summed E-state index contributed by atoms with van der Waals surface area (Å²) in [5.41, 5.74) is 2.66. The molecule has 2 aromatic heterocycles. The first-order valence-electron chi connectivity index (χ1n) is 8.43. The van der Waals surface area contributed by atoms with E-state index in [4.69, 9.17) is 4.74 Å². The van der Waals surface area contributed by atoms with E-state index in [1.807, 2.05) is 43.4 Å². The van der Waals surface area contributed by atoms with E-state index >= 15 is 0 Å². The summed E-state index contributed by atoms with van der Waals surface area (Å²) in [5, 5.41) is 2.72. The fourth-order valence-corrected chi connectivity index (χ4v) is 2.63. The van der Waals surface area contributed by atoms with Crippen LogP contribution in [0, 0.1) is 0 Å². The van der Waals surface area contributed by atoms with Crippen LogP contribution in [0.5, 0.6) is 5.88 Å². The average Bonchev–Trinajstić information content (AvgIpc) is 3.08. The standard InChI is InChI=1S/C20H17N5O2/c1-25-13-21-16-17(25)22-20(23-18(26)15-10-6-3-7-11-15)24-19(16)27-12-14-8-4-2-5-9-14/h2-11,13H,12H2,1H3,(H,22,23,24,26). The number of amides is 1. The molecular formula is C20H17N5O2. The summed E-state index contributed by atoms with van der Waals surface area (Å²) in [6.07, 6.45) is 1.64. The molecule has 27 heavy (non-hydrogen) atoms. The van der Waals surface area contributed by atoms with Crippen LogP contribution in [0.15, 0.2) is 67.0 Å². The van der Waals surface area contributed by atoms with E-state index in [9.17, 15) is 4.79 Å². The molecule has 0 spiro atoms. The maximum atomic E-state index is 12.4. The summed E-state index contributed by atoms with van der Waals surface area (Å²) >= 11 is 0. The number of fused-ring (bicyclic) bond motifs is 1. The van der Waals surface area contributed by atoms with Crippen molar-refractivity contribution in [3.8, 4) is 5.88 Å². The molecule has 0 radical (unpaired) electrons. The number of ether oxygens (including phenoxy) is 1. The van der Waals surface area contributed by atoms with Gasteiger partial charge >= 0.3 is 0 Å². The number of aromatic nitrogens is 4. The Bertz CT molecular complexity index is 1080. The number of carbonyl (C=O) groups is 1. The summed E-state index contributed by atoms with van der Waals surface area (Å²) in [6, 6.07) is 18.7. The van der Waals surface area contributed by atoms with E-state index in [-0.39, 0.29) is 11.9 Å². The molecule has 2 aromatic carbocycles. The van der Waals surface area contributed by atoms with Crippen LogP contribution < -0.4 is 10.1 Å². The molecule has 4 rings (SSSR count). The predicted molar refractivity (Wildman–Crippen MR) is 101 cm³/mol. The van der Waals surface area contributed by atoms with Gasteiger partial charge in [0.05, 0.1) is 6.33 Å². The Kier molecular flexibility index (Phi) is 4.49. The lowest BCUT2D eigenvalue weighted by Gasteiger charge is -2.09. The number of carbonyl (C=O) groups excluding carboxylic acids is 1. The lowest BCUT2D eigenvalue weighted by molar-refractivity contribution is 0.102. The van der Waals surface area contributed by atoms with Crippen LogP contribution in [-0.2, 0) is 13.7 Å². The molecule has 4 aromatic rings. The molecule has 0 atom stereocenters. The molecule has 7 nitrogen and oxygen atoms in total. The van der Waals surface area contributed by atoms with Gasteiger partial charge < -0.3 is 9.30 Å². The van der Waals surface area contributed by atoms with Crippen LogP contribution in [0.1, 0.15) is 15.9 Å². The summed E-state index contributed by atoms with van der Waals surface area (Å²) in [7, 11) is 1.83. The van der Waals surface area contributed by atoms with Crippen LogP contribution in [0.2, 0.25) is 0 Å². The quantitative estimate of drug-likeness (QED) is 0.592. The monoisotopic (exact) mass is 359 g/mol. The Morgan fingerprint density at radius 2 is 1.74 bits per heavy atom. The molecule has 0 aliphatic heterocycles. The fraction of sp³-hybridized carbons (Fsp3) is 0.100. The fourth-order valence-electron chi connectivity index (χ4n) is 2.63. The predicted octanol–water partition coefficient (Wildman–Crippen LogP) is 3.19. The zero-order chi connectivity index (χ0) is 18.6. The molecule has 134 valence electrons. The summed E-state index contributed by atoms with van der Waals surface area (Å²) in [4.78, 5) is 25.5. The maximum Gasteiger partial charge on any atom is 0.258 e. The molecule has 0 saturated heterocycles. The smallest absolute Gasteiger partial charge is 0.258 e. The van der Waals surface area contributed by atoms with Gasteiger partial charge in [0.15, 0.2) is 11.2 Å². The third-order valence-electron chi connectivity index (χ3n) is 4.01. The zero-order valence-corrected chi connectivity index (χ0v) is 14.7. The average molecular weight is 359 g/mol. The van der Waals surface area contributed by atoms with Gasteiger partial charge in [-0.25, -0.2) is 4.98 Å². The highest BCUT2D eigenvalue weighted by atomic mass is 16.5. The number of imidazole rings is 1. The molecule has 7 heteroatoms. The van der Waals surface area contributed by atoms with E-state index in [2.05, 4.69) is 20.3 Å². The van der Waals surface area contributed by atoms with Gasteiger partial charge in [-0.3, -0.25) is 10.1 Å². The minimum absolute atomic E-state index is 0.169. The number of benzene rings is 2. The van der Waals surface area contributed by atoms with Crippen molar-refractivity contribution >= 4 is 23.0 Å². The summed E-state index contributed by atoms with van der Waals surface area (Å²) in [5.74, 6) is 0.210. The summed E-state index contributed by atoms with van der Waals surface area (Å²) in [6.45, 7) is 0.343. The first-order valence-corrected chi connectivity index (χ1v) is 8.43. The molecule has 0 unspecified atom stereocenters. The second kappa shape index (κ2) is 7.25. The van der Waals surface area contributed by atoms with Crippen molar-refractivity contribution in [2.24, 2.45) is 7.05 Å². The molecule has 1 N–H and O–H groups in total. The van der Waals surface area contributed by atoms with Crippen molar-refractivity contribution in [3.63, 3.8) is 0 Å². The van der Waals surface area contributed by atoms with Gasteiger partial charge in [0.1, 0.15) is 6.61 Å². The topological polar surface area (TPSA) is 81.9 Å². The van der Waals surface area contributed by atoms with Gasteiger partial charge in [-0.1, -0.05) is 48.5 Å². The lowest BCUT2D eigenvalue weighted by atomic mass is 10.2. The van der Waals surface area contributed by atoms with E-state index < -0.39 is 0 Å². The van der Waals surface area contributed by atoms with Gasteiger partial charge in [-0.15, -0.1) is 0 Å². The van der Waals surface area contributed by atoms with Crippen LogP contribution in [0.3, 0.4) is 0 Å². The number of aryl methyl sites for hydroxylation is 1. The van der Waals surface area contributed by atoms with E-state index in [0.29, 0.717) is 29.2 Å². The van der Waals surface area contributed by atoms with E-state index in [1.54, 1.807) is 35.2 Å². The molecule has 2 heterocycles.